The van der Waals surface area contributed by atoms with Crippen molar-refractivity contribution in [2.75, 3.05) is 46.0 Å². The molecule has 1 amide bonds. The molecule has 0 spiro atoms. The number of benzene rings is 1. The third-order valence-corrected chi connectivity index (χ3v) is 7.29. The fraction of sp³-hybridized carbons (Fsp3) is 0.600. The molecule has 2 aliphatic rings. The second-order valence-electron chi connectivity index (χ2n) is 9.84. The quantitative estimate of drug-likeness (QED) is 0.279. The standard InChI is InChI=1S/C25H38N2O5Si/c1-6-11-27-17-22(19(2)32-33(3,4)5)23(27)16-24(28)20-7-9-21(10-8-20)31-18-25(29)26-12-14-30-15-13-26/h6-10,19,22-23H,1,11-18H2,2-5H3/t19-,22-,23-/m1/s1. The molecule has 2 saturated heterocycles. The highest BCUT2D eigenvalue weighted by molar-refractivity contribution is 6.69. The fourth-order valence-corrected chi connectivity index (χ4v) is 5.81. The number of hydrogen-bond donors (Lipinski definition) is 0. The number of morpholine rings is 1. The lowest BCUT2D eigenvalue weighted by Gasteiger charge is -2.51. The minimum atomic E-state index is -1.64. The lowest BCUT2D eigenvalue weighted by Crippen LogP contribution is -2.61. The van der Waals surface area contributed by atoms with Gasteiger partial charge in [0.15, 0.2) is 20.7 Å². The van der Waals surface area contributed by atoms with E-state index < -0.39 is 8.32 Å². The van der Waals surface area contributed by atoms with E-state index in [1.807, 2.05) is 6.08 Å². The highest BCUT2D eigenvalue weighted by atomic mass is 28.4. The van der Waals surface area contributed by atoms with Crippen LogP contribution >= 0.6 is 0 Å². The van der Waals surface area contributed by atoms with Crippen LogP contribution in [0.4, 0.5) is 0 Å². The molecule has 0 radical (unpaired) electrons. The van der Waals surface area contributed by atoms with Crippen molar-refractivity contribution in [3.63, 3.8) is 0 Å². The zero-order valence-electron chi connectivity index (χ0n) is 20.4. The highest BCUT2D eigenvalue weighted by Gasteiger charge is 2.43. The minimum Gasteiger partial charge on any atom is -0.484 e. The van der Waals surface area contributed by atoms with Crippen LogP contribution in [0.15, 0.2) is 36.9 Å². The van der Waals surface area contributed by atoms with Crippen molar-refractivity contribution in [1.29, 1.82) is 0 Å². The van der Waals surface area contributed by atoms with Crippen LogP contribution in [0.25, 0.3) is 0 Å². The first-order valence-corrected chi connectivity index (χ1v) is 15.2. The molecule has 1 aromatic carbocycles. The van der Waals surface area contributed by atoms with Gasteiger partial charge in [0.25, 0.3) is 5.91 Å². The van der Waals surface area contributed by atoms with Gasteiger partial charge in [0, 0.05) is 56.2 Å². The molecule has 2 aliphatic heterocycles. The lowest BCUT2D eigenvalue weighted by molar-refractivity contribution is -0.137. The highest BCUT2D eigenvalue weighted by Crippen LogP contribution is 2.33. The molecule has 8 heteroatoms. The molecule has 0 saturated carbocycles. The zero-order chi connectivity index (χ0) is 24.0. The molecular weight excluding hydrogens is 436 g/mol. The summed E-state index contributed by atoms with van der Waals surface area (Å²) in [4.78, 5) is 29.3. The Bertz CT molecular complexity index is 817. The lowest BCUT2D eigenvalue weighted by atomic mass is 9.80. The Morgan fingerprint density at radius 2 is 1.88 bits per heavy atom. The summed E-state index contributed by atoms with van der Waals surface area (Å²) in [5, 5.41) is 0. The molecular formula is C25H38N2O5Si. The van der Waals surface area contributed by atoms with Crippen molar-refractivity contribution in [3.8, 4) is 5.75 Å². The summed E-state index contributed by atoms with van der Waals surface area (Å²) in [6, 6.07) is 7.24. The van der Waals surface area contributed by atoms with Gasteiger partial charge in [-0.25, -0.2) is 0 Å². The normalized spacial score (nSPS) is 22.4. The smallest absolute Gasteiger partial charge is 0.260 e. The molecule has 0 N–H and O–H groups in total. The number of carbonyl (C=O) groups excluding carboxylic acids is 2. The Morgan fingerprint density at radius 3 is 2.48 bits per heavy atom. The van der Waals surface area contributed by atoms with Gasteiger partial charge in [-0.3, -0.25) is 14.5 Å². The number of ketones is 1. The van der Waals surface area contributed by atoms with Gasteiger partial charge in [-0.1, -0.05) is 6.08 Å². The van der Waals surface area contributed by atoms with Crippen LogP contribution in [0.1, 0.15) is 23.7 Å². The van der Waals surface area contributed by atoms with Crippen LogP contribution in [0, 0.1) is 5.92 Å². The first kappa shape index (κ1) is 25.6. The van der Waals surface area contributed by atoms with Gasteiger partial charge >= 0.3 is 0 Å². The molecule has 1 aromatic rings. The third kappa shape index (κ3) is 7.24. The topological polar surface area (TPSA) is 68.3 Å². The predicted octanol–water partition coefficient (Wildman–Crippen LogP) is 3.22. The van der Waals surface area contributed by atoms with E-state index in [-0.39, 0.29) is 30.4 Å². The second-order valence-corrected chi connectivity index (χ2v) is 14.3. The van der Waals surface area contributed by atoms with Crippen molar-refractivity contribution in [2.45, 2.75) is 45.1 Å². The molecule has 7 nitrogen and oxygen atoms in total. The van der Waals surface area contributed by atoms with E-state index in [4.69, 9.17) is 13.9 Å². The Labute approximate surface area is 198 Å². The summed E-state index contributed by atoms with van der Waals surface area (Å²) in [5.74, 6) is 0.982. The number of carbonyl (C=O) groups is 2. The maximum Gasteiger partial charge on any atom is 0.260 e. The third-order valence-electron chi connectivity index (χ3n) is 6.21. The Kier molecular flexibility index (Phi) is 8.86. The van der Waals surface area contributed by atoms with Crippen LogP contribution in [-0.4, -0.2) is 88.0 Å². The molecule has 3 rings (SSSR count). The molecule has 0 aromatic heterocycles. The van der Waals surface area contributed by atoms with Crippen LogP contribution in [0.3, 0.4) is 0 Å². The number of amides is 1. The Morgan fingerprint density at radius 1 is 1.21 bits per heavy atom. The van der Waals surface area contributed by atoms with E-state index in [2.05, 4.69) is 38.0 Å². The second kappa shape index (κ2) is 11.4. The fourth-order valence-electron chi connectivity index (χ4n) is 4.52. The first-order valence-electron chi connectivity index (χ1n) is 11.8. The minimum absolute atomic E-state index is 0.0114. The summed E-state index contributed by atoms with van der Waals surface area (Å²) in [5.41, 5.74) is 0.657. The largest absolute Gasteiger partial charge is 0.484 e. The van der Waals surface area contributed by atoms with Crippen LogP contribution in [0.5, 0.6) is 5.75 Å². The number of ether oxygens (including phenoxy) is 2. The monoisotopic (exact) mass is 474 g/mol. The molecule has 0 aliphatic carbocycles. The van der Waals surface area contributed by atoms with Gasteiger partial charge in [0.2, 0.25) is 0 Å². The average Bonchev–Trinajstić information content (AvgIpc) is 2.77. The molecule has 33 heavy (non-hydrogen) atoms. The molecule has 182 valence electrons. The van der Waals surface area contributed by atoms with E-state index in [9.17, 15) is 9.59 Å². The van der Waals surface area contributed by atoms with E-state index in [0.717, 1.165) is 13.1 Å². The van der Waals surface area contributed by atoms with E-state index >= 15 is 0 Å². The first-order chi connectivity index (χ1) is 15.7. The van der Waals surface area contributed by atoms with Crippen LogP contribution in [0.2, 0.25) is 19.6 Å². The summed E-state index contributed by atoms with van der Waals surface area (Å²) < 4.78 is 17.2. The number of hydrogen-bond acceptors (Lipinski definition) is 6. The maximum absolute atomic E-state index is 13.0. The summed E-state index contributed by atoms with van der Waals surface area (Å²) in [7, 11) is -1.64. The SMILES string of the molecule is C=CCN1C[C@H]([C@@H](C)O[Si](C)(C)C)[C@H]1CC(=O)c1ccc(OCC(=O)N2CCOCC2)cc1. The van der Waals surface area contributed by atoms with Crippen molar-refractivity contribution in [2.24, 2.45) is 5.92 Å². The Balaban J connectivity index is 1.54. The van der Waals surface area contributed by atoms with Crippen molar-refractivity contribution in [3.05, 3.63) is 42.5 Å². The van der Waals surface area contributed by atoms with Gasteiger partial charge in [0.05, 0.1) is 13.2 Å². The maximum atomic E-state index is 13.0. The predicted molar refractivity (Wildman–Crippen MR) is 131 cm³/mol. The molecule has 3 atom stereocenters. The van der Waals surface area contributed by atoms with Crippen LogP contribution in [-0.2, 0) is 14.0 Å². The summed E-state index contributed by atoms with van der Waals surface area (Å²) in [6.45, 7) is 16.6. The molecule has 0 bridgehead atoms. The zero-order valence-corrected chi connectivity index (χ0v) is 21.4. The van der Waals surface area contributed by atoms with E-state index in [1.54, 1.807) is 29.2 Å². The van der Waals surface area contributed by atoms with Gasteiger partial charge in [-0.2, -0.15) is 0 Å². The molecule has 2 heterocycles. The van der Waals surface area contributed by atoms with E-state index in [1.165, 1.54) is 0 Å². The average molecular weight is 475 g/mol. The van der Waals surface area contributed by atoms with Crippen molar-refractivity contribution >= 4 is 20.0 Å². The molecule has 0 unspecified atom stereocenters. The van der Waals surface area contributed by atoms with Gasteiger partial charge in [-0.15, -0.1) is 6.58 Å². The Hall–Kier alpha value is -2.00. The van der Waals surface area contributed by atoms with Crippen molar-refractivity contribution in [1.82, 2.24) is 9.80 Å². The van der Waals surface area contributed by atoms with Gasteiger partial charge < -0.3 is 18.8 Å². The number of Topliss-reactive ketones (excluding diaryl/α,β-unsaturated/α-hetero) is 1. The van der Waals surface area contributed by atoms with Gasteiger partial charge in [-0.05, 0) is 50.8 Å². The van der Waals surface area contributed by atoms with E-state index in [0.29, 0.717) is 50.0 Å². The molecule has 2 fully saturated rings. The van der Waals surface area contributed by atoms with Crippen LogP contribution < -0.4 is 4.74 Å². The van der Waals surface area contributed by atoms with Crippen molar-refractivity contribution < 1.29 is 23.5 Å². The summed E-state index contributed by atoms with van der Waals surface area (Å²) in [6.07, 6.45) is 2.48. The van der Waals surface area contributed by atoms with Gasteiger partial charge in [0.1, 0.15) is 5.75 Å². The summed E-state index contributed by atoms with van der Waals surface area (Å²) >= 11 is 0. The number of nitrogens with zero attached hydrogens (tertiary/aromatic N) is 2. The number of likely N-dealkylation sites (tertiary alicyclic amines) is 1. The number of rotatable bonds is 11.